The van der Waals surface area contributed by atoms with Crippen LogP contribution < -0.4 is 10.6 Å². The Morgan fingerprint density at radius 1 is 1.04 bits per heavy atom. The van der Waals surface area contributed by atoms with Crippen LogP contribution in [0.2, 0.25) is 19.6 Å². The van der Waals surface area contributed by atoms with E-state index in [0.717, 1.165) is 28.4 Å². The number of rotatable bonds is 9. The Bertz CT molecular complexity index is 2140. The highest BCUT2D eigenvalue weighted by molar-refractivity contribution is 9.10. The van der Waals surface area contributed by atoms with Crippen molar-refractivity contribution in [2.75, 3.05) is 5.32 Å². The summed E-state index contributed by atoms with van der Waals surface area (Å²) in [5, 5.41) is 18.1. The van der Waals surface area contributed by atoms with Crippen molar-refractivity contribution in [1.82, 2.24) is 44.6 Å². The van der Waals surface area contributed by atoms with Gasteiger partial charge in [0, 0.05) is 47.9 Å². The summed E-state index contributed by atoms with van der Waals surface area (Å²) in [6.45, 7) is 12.3. The number of benzene rings is 1. The van der Waals surface area contributed by atoms with Crippen molar-refractivity contribution < 1.29 is 14.4 Å². The molecule has 3 atom stereocenters. The van der Waals surface area contributed by atoms with Crippen molar-refractivity contribution in [2.24, 2.45) is 5.41 Å². The summed E-state index contributed by atoms with van der Waals surface area (Å²) in [5.41, 5.74) is 3.06. The molecule has 0 bridgehead atoms. The van der Waals surface area contributed by atoms with Crippen molar-refractivity contribution in [2.45, 2.75) is 78.4 Å². The molecule has 1 N–H and O–H groups in total. The average molecular weight is 742 g/mol. The van der Waals surface area contributed by atoms with E-state index in [1.54, 1.807) is 22.0 Å². The molecule has 1 saturated carbocycles. The molecule has 1 aliphatic carbocycles. The highest BCUT2D eigenvalue weighted by Gasteiger charge is 2.67. The highest BCUT2D eigenvalue weighted by Crippen LogP contribution is 2.60. The van der Waals surface area contributed by atoms with Crippen LogP contribution in [0.15, 0.2) is 53.5 Å². The molecule has 13 nitrogen and oxygen atoms in total. The van der Waals surface area contributed by atoms with E-state index in [-0.39, 0.29) is 41.3 Å². The predicted octanol–water partition coefficient (Wildman–Crippen LogP) is 4.31. The number of likely N-dealkylation sites (tertiary alicyclic amines) is 1. The zero-order valence-electron chi connectivity index (χ0n) is 28.2. The average Bonchev–Trinajstić information content (AvgIpc) is 3.35. The Hall–Kier alpha value is -4.63. The summed E-state index contributed by atoms with van der Waals surface area (Å²) in [4.78, 5) is 55.8. The van der Waals surface area contributed by atoms with E-state index in [1.807, 2.05) is 55.1 Å². The van der Waals surface area contributed by atoms with Crippen LogP contribution in [0.25, 0.3) is 22.0 Å². The number of carbonyl (C=O) groups excluding carboxylic acids is 3. The molecule has 1 aromatic carbocycles. The van der Waals surface area contributed by atoms with Crippen molar-refractivity contribution in [3.05, 3.63) is 70.6 Å². The van der Waals surface area contributed by atoms with Crippen molar-refractivity contribution in [3.8, 4) is 11.1 Å². The number of aryl methyl sites for hydroxylation is 2. The first kappa shape index (κ1) is 32.9. The number of carbonyl (C=O) groups is 3. The first-order valence-electron chi connectivity index (χ1n) is 16.2. The lowest BCUT2D eigenvalue weighted by molar-refractivity contribution is -0.138. The van der Waals surface area contributed by atoms with Gasteiger partial charge >= 0.3 is 0 Å². The fourth-order valence-electron chi connectivity index (χ4n) is 6.80. The SMILES string of the molecule is CC(=O)c1nn(CC(=O)N2[C@H](C(=O)Nc3nc(Br)ccc3C)C[C@@]3(Cn4cc([Si](C)(C)C)nn4)C[C@@H]23)c2ccc(-c3cnc(C)nc3)cc12. The molecule has 5 heterocycles. The number of hydrogen-bond acceptors (Lipinski definition) is 9. The van der Waals surface area contributed by atoms with Crippen LogP contribution >= 0.6 is 15.9 Å². The topological polar surface area (TPSA) is 154 Å². The van der Waals surface area contributed by atoms with Gasteiger partial charge in [-0.05, 0) is 71.9 Å². The molecule has 1 aliphatic heterocycles. The number of hydrogen-bond donors (Lipinski definition) is 1. The van der Waals surface area contributed by atoms with Crippen molar-refractivity contribution in [1.29, 1.82) is 0 Å². The number of aromatic nitrogens is 8. The van der Waals surface area contributed by atoms with E-state index < -0.39 is 14.1 Å². The molecule has 2 amide bonds. The minimum absolute atomic E-state index is 0.135. The van der Waals surface area contributed by atoms with E-state index in [4.69, 9.17) is 0 Å². The lowest BCUT2D eigenvalue weighted by Crippen LogP contribution is -2.47. The molecule has 252 valence electrons. The number of piperidine rings is 1. The van der Waals surface area contributed by atoms with E-state index in [2.05, 4.69) is 71.3 Å². The van der Waals surface area contributed by atoms with Crippen LogP contribution in [0.3, 0.4) is 0 Å². The van der Waals surface area contributed by atoms with E-state index in [0.29, 0.717) is 40.1 Å². The molecule has 15 heteroatoms. The molecule has 0 radical (unpaired) electrons. The Morgan fingerprint density at radius 2 is 1.80 bits per heavy atom. The maximum Gasteiger partial charge on any atom is 0.248 e. The van der Waals surface area contributed by atoms with Gasteiger partial charge in [0.25, 0.3) is 0 Å². The van der Waals surface area contributed by atoms with Gasteiger partial charge in [0.05, 0.1) is 17.4 Å². The van der Waals surface area contributed by atoms with Gasteiger partial charge < -0.3 is 10.2 Å². The van der Waals surface area contributed by atoms with E-state index in [1.165, 1.54) is 6.92 Å². The smallest absolute Gasteiger partial charge is 0.248 e. The number of Topliss-reactive ketones (excluding diaryl/α,β-unsaturated/α-hetero) is 1. The number of nitrogens with zero attached hydrogens (tertiary/aromatic N) is 9. The Labute approximate surface area is 292 Å². The quantitative estimate of drug-likeness (QED) is 0.132. The minimum atomic E-state index is -1.67. The molecule has 0 spiro atoms. The minimum Gasteiger partial charge on any atom is -0.325 e. The van der Waals surface area contributed by atoms with Gasteiger partial charge in [-0.3, -0.25) is 23.7 Å². The predicted molar refractivity (Wildman–Crippen MR) is 190 cm³/mol. The molecule has 5 aromatic rings. The summed E-state index contributed by atoms with van der Waals surface area (Å²) in [6, 6.07) is 8.44. The molecule has 7 rings (SSSR count). The first-order chi connectivity index (χ1) is 23.2. The van der Waals surface area contributed by atoms with Gasteiger partial charge in [0.15, 0.2) is 5.78 Å². The lowest BCUT2D eigenvalue weighted by Gasteiger charge is -2.27. The standard InChI is InChI=1S/C34H37BrN10O3Si/c1-19-7-10-28(35)38-32(19)39-33(48)26-12-34(18-43-16-29(40-42-43)49(4,5)6)13-27(34)45(26)30(47)17-44-25-9-8-22(23-14-36-21(3)37-15-23)11-24(25)31(41-44)20(2)46/h7-11,14-16,26-27H,12-13,17-18H2,1-6H3,(H,38,39,48)/t26-,27+,34-/m0/s1. The summed E-state index contributed by atoms with van der Waals surface area (Å²) in [6.07, 6.45) is 6.72. The highest BCUT2D eigenvalue weighted by atomic mass is 79.9. The molecule has 2 fully saturated rings. The molecule has 1 saturated heterocycles. The molecule has 0 unspecified atom stereocenters. The number of fused-ring (bicyclic) bond motifs is 2. The number of pyridine rings is 1. The second-order valence-corrected chi connectivity index (χ2v) is 20.1. The van der Waals surface area contributed by atoms with E-state index >= 15 is 0 Å². The van der Waals surface area contributed by atoms with Crippen LogP contribution in [0.1, 0.15) is 41.6 Å². The largest absolute Gasteiger partial charge is 0.325 e. The van der Waals surface area contributed by atoms with Gasteiger partial charge in [-0.15, -0.1) is 5.10 Å². The zero-order chi connectivity index (χ0) is 34.8. The lowest BCUT2D eigenvalue weighted by atomic mass is 9.99. The van der Waals surface area contributed by atoms with Crippen LogP contribution in [0, 0.1) is 19.3 Å². The summed E-state index contributed by atoms with van der Waals surface area (Å²) >= 11 is 3.39. The Kier molecular flexibility index (Phi) is 8.09. The van der Waals surface area contributed by atoms with Gasteiger partial charge in [0.1, 0.15) is 42.6 Å². The fraction of sp³-hybridized carbons (Fsp3) is 0.382. The Balaban J connectivity index is 1.20. The molecular weight excluding hydrogens is 704 g/mol. The van der Waals surface area contributed by atoms with Gasteiger partial charge in [-0.1, -0.05) is 37.0 Å². The second kappa shape index (κ2) is 12.1. The molecule has 4 aromatic heterocycles. The summed E-state index contributed by atoms with van der Waals surface area (Å²) in [5.74, 6) is 0.344. The second-order valence-electron chi connectivity index (χ2n) is 14.3. The Morgan fingerprint density at radius 3 is 2.49 bits per heavy atom. The normalized spacial score (nSPS) is 20.0. The monoisotopic (exact) mass is 740 g/mol. The van der Waals surface area contributed by atoms with Crippen molar-refractivity contribution >= 4 is 63.6 Å². The van der Waals surface area contributed by atoms with Gasteiger partial charge in [-0.25, -0.2) is 15.0 Å². The number of nitrogens with one attached hydrogen (secondary N) is 1. The van der Waals surface area contributed by atoms with Crippen LogP contribution in [0.4, 0.5) is 5.82 Å². The number of anilines is 1. The third-order valence-corrected chi connectivity index (χ3v) is 11.8. The summed E-state index contributed by atoms with van der Waals surface area (Å²) in [7, 11) is -1.67. The molecule has 2 aliphatic rings. The maximum atomic E-state index is 14.3. The van der Waals surface area contributed by atoms with Crippen LogP contribution in [-0.2, 0) is 22.7 Å². The van der Waals surface area contributed by atoms with Crippen LogP contribution in [-0.4, -0.2) is 82.4 Å². The van der Waals surface area contributed by atoms with E-state index in [9.17, 15) is 14.4 Å². The van der Waals surface area contributed by atoms with Gasteiger partial charge in [-0.2, -0.15) is 5.10 Å². The summed E-state index contributed by atoms with van der Waals surface area (Å²) < 4.78 is 4.04. The first-order valence-corrected chi connectivity index (χ1v) is 20.5. The number of amides is 2. The van der Waals surface area contributed by atoms with Crippen molar-refractivity contribution in [3.63, 3.8) is 0 Å². The molecule has 49 heavy (non-hydrogen) atoms. The third-order valence-electron chi connectivity index (χ3n) is 9.58. The fourth-order valence-corrected chi connectivity index (χ4v) is 8.00. The van der Waals surface area contributed by atoms with Gasteiger partial charge in [0.2, 0.25) is 11.8 Å². The molecular formula is C34H37BrN10O3Si. The number of ketones is 1. The zero-order valence-corrected chi connectivity index (χ0v) is 30.8. The maximum absolute atomic E-state index is 14.3. The number of halogens is 1. The third kappa shape index (κ3) is 6.20. The van der Waals surface area contributed by atoms with Crippen LogP contribution in [0.5, 0.6) is 0 Å².